The Morgan fingerprint density at radius 1 is 0.967 bits per heavy atom. The summed E-state index contributed by atoms with van der Waals surface area (Å²) in [5.74, 6) is 0.0110. The summed E-state index contributed by atoms with van der Waals surface area (Å²) in [6.45, 7) is 14.8. The van der Waals surface area contributed by atoms with Gasteiger partial charge in [-0.25, -0.2) is 4.98 Å². The number of aliphatic hydroxyl groups excluding tert-OH is 1. The van der Waals surface area contributed by atoms with Crippen molar-refractivity contribution in [1.29, 1.82) is 0 Å². The van der Waals surface area contributed by atoms with Crippen LogP contribution in [0.15, 0.2) is 60.1 Å². The van der Waals surface area contributed by atoms with E-state index >= 15 is 0 Å². The van der Waals surface area contributed by atoms with Crippen LogP contribution in [0.5, 0.6) is 5.75 Å². The van der Waals surface area contributed by atoms with Crippen molar-refractivity contribution in [3.05, 3.63) is 71.4 Å². The van der Waals surface area contributed by atoms with Crippen LogP contribution in [-0.2, 0) is 14.4 Å². The van der Waals surface area contributed by atoms with Crippen molar-refractivity contribution in [1.82, 2.24) is 40.5 Å². The number of phenolic OH excluding ortho intramolecular Hbond substituents is 1. The van der Waals surface area contributed by atoms with E-state index in [1.165, 1.54) is 4.90 Å². The molecule has 3 saturated heterocycles. The van der Waals surface area contributed by atoms with Crippen molar-refractivity contribution in [2.45, 2.75) is 90.2 Å². The Morgan fingerprint density at radius 2 is 1.72 bits per heavy atom. The van der Waals surface area contributed by atoms with Crippen LogP contribution in [0.25, 0.3) is 21.7 Å². The van der Waals surface area contributed by atoms with Gasteiger partial charge in [-0.05, 0) is 61.4 Å². The molecule has 324 valence electrons. The number of aromatic nitrogens is 3. The normalized spacial score (nSPS) is 22.2. The smallest absolute Gasteiger partial charge is 0.246 e. The van der Waals surface area contributed by atoms with Gasteiger partial charge in [0.1, 0.15) is 17.8 Å². The molecule has 15 nitrogen and oxygen atoms in total. The summed E-state index contributed by atoms with van der Waals surface area (Å²) in [6, 6.07) is 15.8. The second kappa shape index (κ2) is 17.7. The predicted molar refractivity (Wildman–Crippen MR) is 236 cm³/mol. The van der Waals surface area contributed by atoms with E-state index in [0.29, 0.717) is 17.3 Å². The fourth-order valence-corrected chi connectivity index (χ4v) is 10.1. The molecule has 5 N–H and O–H groups in total. The third kappa shape index (κ3) is 9.22. The summed E-state index contributed by atoms with van der Waals surface area (Å²) < 4.78 is 0. The number of amides is 3. The lowest BCUT2D eigenvalue weighted by Crippen LogP contribution is -2.61. The monoisotopic (exact) mass is 850 g/mol. The number of hydrogen-bond donors (Lipinski definition) is 5. The van der Waals surface area contributed by atoms with E-state index in [1.807, 2.05) is 82.6 Å². The molecule has 3 fully saturated rings. The van der Waals surface area contributed by atoms with Crippen molar-refractivity contribution >= 4 is 40.6 Å². The van der Waals surface area contributed by atoms with E-state index in [9.17, 15) is 24.6 Å². The van der Waals surface area contributed by atoms with Crippen LogP contribution in [0, 0.1) is 12.3 Å². The van der Waals surface area contributed by atoms with Crippen LogP contribution in [-0.4, -0.2) is 140 Å². The number of piperidine rings is 1. The first-order chi connectivity index (χ1) is 29.2. The number of thiazole rings is 1. The molecule has 16 heteroatoms. The molecule has 0 radical (unpaired) electrons. The maximum atomic E-state index is 14.3. The average Bonchev–Trinajstić information content (AvgIpc) is 3.87. The molecule has 0 aliphatic carbocycles. The molecule has 2 aromatic carbocycles. The van der Waals surface area contributed by atoms with Crippen molar-refractivity contribution in [2.75, 3.05) is 62.6 Å². The van der Waals surface area contributed by atoms with Gasteiger partial charge < -0.3 is 36.0 Å². The number of aromatic hydroxyl groups is 1. The molecule has 4 aromatic rings. The first-order valence-corrected chi connectivity index (χ1v) is 22.3. The fraction of sp³-hybridized carbons (Fsp3) is 0.511. The van der Waals surface area contributed by atoms with E-state index in [2.05, 4.69) is 45.8 Å². The van der Waals surface area contributed by atoms with Gasteiger partial charge in [0.2, 0.25) is 17.7 Å². The van der Waals surface area contributed by atoms with Crippen LogP contribution < -0.4 is 20.9 Å². The number of rotatable bonds is 10. The van der Waals surface area contributed by atoms with Crippen molar-refractivity contribution < 1.29 is 24.6 Å². The van der Waals surface area contributed by atoms with Gasteiger partial charge in [0.15, 0.2) is 5.82 Å². The van der Waals surface area contributed by atoms with Crippen LogP contribution in [0.2, 0.25) is 0 Å². The number of likely N-dealkylation sites (tertiary alicyclic amines) is 2. The molecule has 61 heavy (non-hydrogen) atoms. The minimum absolute atomic E-state index is 0.0230. The highest BCUT2D eigenvalue weighted by atomic mass is 32.1. The predicted octanol–water partition coefficient (Wildman–Crippen LogP) is 4.03. The van der Waals surface area contributed by atoms with Gasteiger partial charge in [-0.3, -0.25) is 24.2 Å². The van der Waals surface area contributed by atoms with E-state index in [1.54, 1.807) is 23.5 Å². The topological polar surface area (TPSA) is 179 Å². The van der Waals surface area contributed by atoms with E-state index < -0.39 is 23.6 Å². The number of nitrogens with one attached hydrogen (secondary N) is 3. The van der Waals surface area contributed by atoms with Crippen LogP contribution >= 0.6 is 11.3 Å². The molecule has 5 atom stereocenters. The zero-order valence-electron chi connectivity index (χ0n) is 35.7. The fourth-order valence-electron chi connectivity index (χ4n) is 9.33. The Hall–Kier alpha value is -5.16. The van der Waals surface area contributed by atoms with E-state index in [-0.39, 0.29) is 55.1 Å². The third-order valence-electron chi connectivity index (χ3n) is 12.8. The highest BCUT2D eigenvalue weighted by Crippen LogP contribution is 2.37. The highest BCUT2D eigenvalue weighted by molar-refractivity contribution is 7.13. The summed E-state index contributed by atoms with van der Waals surface area (Å²) in [5.41, 5.74) is 6.45. The second-order valence-electron chi connectivity index (χ2n) is 18.1. The van der Waals surface area contributed by atoms with Crippen LogP contribution in [0.3, 0.4) is 0 Å². The van der Waals surface area contributed by atoms with Gasteiger partial charge in [-0.1, -0.05) is 57.2 Å². The minimum atomic E-state index is -0.885. The number of fused-ring (bicyclic) bond motifs is 3. The SMILES string of the molecule is Cc1ncsc1-c1ccc([C@H](C)NC(=O)[C@@H]2C[C@@H](O)CN2C(=O)[C@@H](NC(=O)CN2CCC(N3CCN4c5cc(-c6ccccc6O)nnc5NC[C@@H]4C3)CC2)C(C)(C)C)cc1. The standard InChI is InChI=1S/C45H58N10O5S/c1-27(29-10-12-30(13-11-29)40-28(2)47-26-61-40)48-43(59)37-20-33(56)24-55(37)44(60)41(45(3,4)5)49-39(58)25-52-16-14-31(15-17-52)53-18-19-54-32(23-53)22-46-42-36(54)21-35(50-51-42)34-8-6-7-9-38(34)57/h6-13,21,26-27,31-33,37,41,56-57H,14-20,22-25H2,1-5H3,(H,46,51)(H,48,59)(H,49,58)/t27-,32+,33+,37-,41+/m0/s1. The van der Waals surface area contributed by atoms with E-state index in [0.717, 1.165) is 85.3 Å². The number of benzene rings is 2. The molecule has 6 heterocycles. The molecule has 4 aliphatic heterocycles. The lowest BCUT2D eigenvalue weighted by molar-refractivity contribution is -0.144. The second-order valence-corrected chi connectivity index (χ2v) is 18.9. The molecular formula is C45H58N10O5S. The minimum Gasteiger partial charge on any atom is -0.507 e. The summed E-state index contributed by atoms with van der Waals surface area (Å²) in [7, 11) is 0. The molecule has 0 saturated carbocycles. The van der Waals surface area contributed by atoms with Gasteiger partial charge >= 0.3 is 0 Å². The number of aryl methyl sites for hydroxylation is 1. The van der Waals surface area contributed by atoms with Gasteiger partial charge in [-0.15, -0.1) is 21.5 Å². The zero-order chi connectivity index (χ0) is 43.0. The zero-order valence-corrected chi connectivity index (χ0v) is 36.5. The summed E-state index contributed by atoms with van der Waals surface area (Å²) >= 11 is 1.59. The lowest BCUT2D eigenvalue weighted by Gasteiger charge is -2.49. The Labute approximate surface area is 361 Å². The largest absolute Gasteiger partial charge is 0.507 e. The Morgan fingerprint density at radius 3 is 2.43 bits per heavy atom. The number of carbonyl (C=O) groups excluding carboxylic acids is 3. The maximum absolute atomic E-state index is 14.3. The Bertz CT molecular complexity index is 2220. The van der Waals surface area contributed by atoms with Crippen molar-refractivity contribution in [3.63, 3.8) is 0 Å². The maximum Gasteiger partial charge on any atom is 0.246 e. The number of nitrogens with zero attached hydrogens (tertiary/aromatic N) is 7. The van der Waals surface area contributed by atoms with Crippen molar-refractivity contribution in [3.8, 4) is 27.4 Å². The molecular weight excluding hydrogens is 793 g/mol. The number of aliphatic hydroxyl groups is 1. The number of para-hydroxylation sites is 1. The first-order valence-electron chi connectivity index (χ1n) is 21.4. The lowest BCUT2D eigenvalue weighted by atomic mass is 9.85. The molecule has 3 amide bonds. The molecule has 0 spiro atoms. The molecule has 0 bridgehead atoms. The quantitative estimate of drug-likeness (QED) is 0.155. The van der Waals surface area contributed by atoms with Gasteiger partial charge in [0, 0.05) is 63.8 Å². The Kier molecular flexibility index (Phi) is 12.3. The number of β-amino-alcohol motifs (C(OH)–C–C–N with tert-alkyl or cyclic N) is 1. The van der Waals surface area contributed by atoms with Gasteiger partial charge in [0.25, 0.3) is 0 Å². The number of piperazine rings is 1. The number of hydrogen-bond acceptors (Lipinski definition) is 13. The summed E-state index contributed by atoms with van der Waals surface area (Å²) in [5, 5.41) is 39.6. The number of phenols is 1. The Balaban J connectivity index is 0.833. The average molecular weight is 851 g/mol. The van der Waals surface area contributed by atoms with Gasteiger partial charge in [0.05, 0.1) is 52.2 Å². The summed E-state index contributed by atoms with van der Waals surface area (Å²) in [4.78, 5) is 55.7. The van der Waals surface area contributed by atoms with Crippen LogP contribution in [0.4, 0.5) is 11.5 Å². The number of anilines is 2. The van der Waals surface area contributed by atoms with Gasteiger partial charge in [-0.2, -0.15) is 0 Å². The third-order valence-corrected chi connectivity index (χ3v) is 13.8. The highest BCUT2D eigenvalue weighted by Gasteiger charge is 2.45. The molecule has 0 unspecified atom stereocenters. The first kappa shape index (κ1) is 42.5. The summed E-state index contributed by atoms with van der Waals surface area (Å²) in [6.07, 6.45) is 1.15. The molecule has 4 aliphatic rings. The molecule has 2 aromatic heterocycles. The molecule has 8 rings (SSSR count). The van der Waals surface area contributed by atoms with E-state index in [4.69, 9.17) is 0 Å². The van der Waals surface area contributed by atoms with Crippen molar-refractivity contribution in [2.24, 2.45) is 5.41 Å². The number of carbonyl (C=O) groups is 3. The van der Waals surface area contributed by atoms with Crippen LogP contribution in [0.1, 0.15) is 64.3 Å².